The Balaban J connectivity index is 2.76. The van der Waals surface area contributed by atoms with Crippen molar-refractivity contribution in [1.82, 2.24) is 0 Å². The number of carboxylic acids is 1. The van der Waals surface area contributed by atoms with Gasteiger partial charge in [0, 0.05) is 10.7 Å². The van der Waals surface area contributed by atoms with E-state index in [9.17, 15) is 4.79 Å². The summed E-state index contributed by atoms with van der Waals surface area (Å²) in [6, 6.07) is 5.09. The monoisotopic (exact) mass is 211 g/mol. The lowest BCUT2D eigenvalue weighted by Gasteiger charge is -1.98. The molecule has 0 aliphatic heterocycles. The van der Waals surface area contributed by atoms with Gasteiger partial charge in [0.05, 0.1) is 6.42 Å². The van der Waals surface area contributed by atoms with Gasteiger partial charge < -0.3 is 10.8 Å². The Bertz CT molecular complexity index is 374. The second kappa shape index (κ2) is 4.67. The van der Waals surface area contributed by atoms with E-state index in [-0.39, 0.29) is 6.42 Å². The fourth-order valence-corrected chi connectivity index (χ4v) is 1.22. The number of carboxylic acid groups (broad SMARTS) is 1. The zero-order chi connectivity index (χ0) is 10.6. The SMILES string of the molecule is Nc1ccc(C=CCC(=O)O)c(Cl)c1. The van der Waals surface area contributed by atoms with Crippen LogP contribution in [-0.4, -0.2) is 11.1 Å². The van der Waals surface area contributed by atoms with Crippen molar-refractivity contribution >= 4 is 29.3 Å². The van der Waals surface area contributed by atoms with Gasteiger partial charge in [0.25, 0.3) is 0 Å². The number of halogens is 1. The first-order valence-corrected chi connectivity index (χ1v) is 4.41. The minimum absolute atomic E-state index is 0.0132. The van der Waals surface area contributed by atoms with Gasteiger partial charge in [0.2, 0.25) is 0 Å². The van der Waals surface area contributed by atoms with Gasteiger partial charge in [-0.25, -0.2) is 0 Å². The summed E-state index contributed by atoms with van der Waals surface area (Å²) in [5.41, 5.74) is 6.86. The Kier molecular flexibility index (Phi) is 3.54. The van der Waals surface area contributed by atoms with Gasteiger partial charge in [-0.15, -0.1) is 0 Å². The number of benzene rings is 1. The van der Waals surface area contributed by atoms with Crippen LogP contribution in [0.15, 0.2) is 24.3 Å². The number of aliphatic carboxylic acids is 1. The minimum Gasteiger partial charge on any atom is -0.481 e. The predicted octanol–water partition coefficient (Wildman–Crippen LogP) is 2.41. The van der Waals surface area contributed by atoms with E-state index in [4.69, 9.17) is 22.4 Å². The summed E-state index contributed by atoms with van der Waals surface area (Å²) in [4.78, 5) is 10.2. The third-order valence-electron chi connectivity index (χ3n) is 1.61. The van der Waals surface area contributed by atoms with Gasteiger partial charge >= 0.3 is 5.97 Å². The van der Waals surface area contributed by atoms with Crippen LogP contribution in [0, 0.1) is 0 Å². The Morgan fingerprint density at radius 2 is 2.29 bits per heavy atom. The molecule has 3 nitrogen and oxygen atoms in total. The fraction of sp³-hybridized carbons (Fsp3) is 0.100. The van der Waals surface area contributed by atoms with Crippen LogP contribution in [0.5, 0.6) is 0 Å². The van der Waals surface area contributed by atoms with Crippen LogP contribution < -0.4 is 5.73 Å². The van der Waals surface area contributed by atoms with E-state index in [2.05, 4.69) is 0 Å². The third kappa shape index (κ3) is 3.11. The molecule has 0 aromatic heterocycles. The summed E-state index contributed by atoms with van der Waals surface area (Å²) >= 11 is 5.87. The summed E-state index contributed by atoms with van der Waals surface area (Å²) in [6.07, 6.45) is 3.19. The predicted molar refractivity (Wildman–Crippen MR) is 57.2 cm³/mol. The van der Waals surface area contributed by atoms with Crippen molar-refractivity contribution in [3.63, 3.8) is 0 Å². The lowest BCUT2D eigenvalue weighted by molar-refractivity contribution is -0.135. The average Bonchev–Trinajstić information content (AvgIpc) is 2.08. The van der Waals surface area contributed by atoms with Crippen LogP contribution in [0.4, 0.5) is 5.69 Å². The molecule has 0 fully saturated rings. The molecule has 0 spiro atoms. The van der Waals surface area contributed by atoms with Crippen LogP contribution in [0.25, 0.3) is 6.08 Å². The first-order chi connectivity index (χ1) is 6.59. The number of nitrogen functional groups attached to an aromatic ring is 1. The van der Waals surface area contributed by atoms with Crippen LogP contribution >= 0.6 is 11.6 Å². The van der Waals surface area contributed by atoms with Crippen molar-refractivity contribution < 1.29 is 9.90 Å². The second-order valence-electron chi connectivity index (χ2n) is 2.78. The summed E-state index contributed by atoms with van der Waals surface area (Å²) in [5.74, 6) is -0.868. The molecule has 0 heterocycles. The van der Waals surface area contributed by atoms with Gasteiger partial charge in [-0.1, -0.05) is 29.8 Å². The smallest absolute Gasteiger partial charge is 0.307 e. The zero-order valence-corrected chi connectivity index (χ0v) is 8.16. The average molecular weight is 212 g/mol. The van der Waals surface area contributed by atoms with Crippen molar-refractivity contribution in [3.8, 4) is 0 Å². The van der Waals surface area contributed by atoms with Crippen molar-refractivity contribution in [2.24, 2.45) is 0 Å². The molecule has 0 amide bonds. The van der Waals surface area contributed by atoms with Gasteiger partial charge in [0.1, 0.15) is 0 Å². The maximum absolute atomic E-state index is 10.2. The van der Waals surface area contributed by atoms with Gasteiger partial charge in [0.15, 0.2) is 0 Å². The molecule has 0 saturated heterocycles. The van der Waals surface area contributed by atoms with Gasteiger partial charge in [-0.05, 0) is 17.7 Å². The normalized spacial score (nSPS) is 10.6. The molecule has 1 aromatic rings. The van der Waals surface area contributed by atoms with Crippen molar-refractivity contribution in [2.75, 3.05) is 5.73 Å². The van der Waals surface area contributed by atoms with E-state index in [1.165, 1.54) is 0 Å². The summed E-state index contributed by atoms with van der Waals surface area (Å²) in [6.45, 7) is 0. The first-order valence-electron chi connectivity index (χ1n) is 4.03. The Labute approximate surface area is 86.8 Å². The Morgan fingerprint density at radius 1 is 1.57 bits per heavy atom. The number of nitrogens with two attached hydrogens (primary N) is 1. The first kappa shape index (κ1) is 10.6. The molecular weight excluding hydrogens is 202 g/mol. The maximum atomic E-state index is 10.2. The number of carbonyl (C=O) groups is 1. The number of anilines is 1. The molecule has 3 N–H and O–H groups in total. The Hall–Kier alpha value is -1.48. The van der Waals surface area contributed by atoms with E-state index in [1.807, 2.05) is 0 Å². The largest absolute Gasteiger partial charge is 0.481 e. The second-order valence-corrected chi connectivity index (χ2v) is 3.19. The molecule has 0 saturated carbocycles. The Morgan fingerprint density at radius 3 is 2.86 bits per heavy atom. The third-order valence-corrected chi connectivity index (χ3v) is 1.94. The van der Waals surface area contributed by atoms with E-state index in [0.717, 1.165) is 5.56 Å². The molecule has 1 aromatic carbocycles. The lowest BCUT2D eigenvalue weighted by Crippen LogP contribution is -1.90. The summed E-state index contributed by atoms with van der Waals surface area (Å²) in [5, 5.41) is 8.92. The van der Waals surface area contributed by atoms with Crippen LogP contribution in [0.2, 0.25) is 5.02 Å². The van der Waals surface area contributed by atoms with Crippen molar-refractivity contribution in [3.05, 3.63) is 34.9 Å². The maximum Gasteiger partial charge on any atom is 0.307 e. The molecule has 0 unspecified atom stereocenters. The molecule has 1 rings (SSSR count). The molecule has 0 aliphatic carbocycles. The van der Waals surface area contributed by atoms with Crippen molar-refractivity contribution in [1.29, 1.82) is 0 Å². The molecule has 74 valence electrons. The van der Waals surface area contributed by atoms with E-state index in [0.29, 0.717) is 10.7 Å². The topological polar surface area (TPSA) is 63.3 Å². The molecule has 14 heavy (non-hydrogen) atoms. The molecular formula is C10H10ClNO2. The number of hydrogen-bond donors (Lipinski definition) is 2. The molecule has 0 atom stereocenters. The van der Waals surface area contributed by atoms with Gasteiger partial charge in [-0.2, -0.15) is 0 Å². The molecule has 0 aliphatic rings. The zero-order valence-electron chi connectivity index (χ0n) is 7.40. The minimum atomic E-state index is -0.868. The van der Waals surface area contributed by atoms with Crippen LogP contribution in [0.3, 0.4) is 0 Å². The van der Waals surface area contributed by atoms with Crippen molar-refractivity contribution in [2.45, 2.75) is 6.42 Å². The highest BCUT2D eigenvalue weighted by atomic mass is 35.5. The highest BCUT2D eigenvalue weighted by Gasteiger charge is 1.96. The van der Waals surface area contributed by atoms with E-state index < -0.39 is 5.97 Å². The van der Waals surface area contributed by atoms with E-state index in [1.54, 1.807) is 30.4 Å². The van der Waals surface area contributed by atoms with Crippen LogP contribution in [-0.2, 0) is 4.79 Å². The molecule has 0 bridgehead atoms. The fourth-order valence-electron chi connectivity index (χ4n) is 0.965. The van der Waals surface area contributed by atoms with Gasteiger partial charge in [-0.3, -0.25) is 4.79 Å². The number of rotatable bonds is 3. The molecule has 4 heteroatoms. The summed E-state index contributed by atoms with van der Waals surface area (Å²) < 4.78 is 0. The quantitative estimate of drug-likeness (QED) is 0.755. The highest BCUT2D eigenvalue weighted by molar-refractivity contribution is 6.32. The molecule has 0 radical (unpaired) electrons. The number of hydrogen-bond acceptors (Lipinski definition) is 2. The lowest BCUT2D eigenvalue weighted by atomic mass is 10.2. The highest BCUT2D eigenvalue weighted by Crippen LogP contribution is 2.20. The van der Waals surface area contributed by atoms with E-state index >= 15 is 0 Å². The van der Waals surface area contributed by atoms with Crippen LogP contribution in [0.1, 0.15) is 12.0 Å². The standard InChI is InChI=1S/C10H10ClNO2/c11-9-6-8(12)5-4-7(9)2-1-3-10(13)14/h1-2,4-6H,3,12H2,(H,13,14). The summed E-state index contributed by atoms with van der Waals surface area (Å²) in [7, 11) is 0.